The first-order chi connectivity index (χ1) is 15.8. The van der Waals surface area contributed by atoms with E-state index in [9.17, 15) is 9.59 Å². The van der Waals surface area contributed by atoms with E-state index in [2.05, 4.69) is 43.4 Å². The van der Waals surface area contributed by atoms with E-state index < -0.39 is 0 Å². The first-order valence-electron chi connectivity index (χ1n) is 11.4. The number of carbonyl (C=O) groups excluding carboxylic acids is 2. The summed E-state index contributed by atoms with van der Waals surface area (Å²) in [4.78, 5) is 32.8. The number of benzene rings is 1. The van der Waals surface area contributed by atoms with Gasteiger partial charge in [0.15, 0.2) is 11.5 Å². The predicted molar refractivity (Wildman–Crippen MR) is 128 cm³/mol. The van der Waals surface area contributed by atoms with Gasteiger partial charge in [-0.25, -0.2) is 4.98 Å². The van der Waals surface area contributed by atoms with Crippen LogP contribution < -0.4 is 4.90 Å². The predicted octanol–water partition coefficient (Wildman–Crippen LogP) is 3.75. The fraction of sp³-hybridized carbons (Fsp3) is 0.423. The lowest BCUT2D eigenvalue weighted by atomic mass is 9.68. The molecule has 1 aromatic heterocycles. The van der Waals surface area contributed by atoms with Crippen molar-refractivity contribution in [1.29, 1.82) is 0 Å². The zero-order valence-electron chi connectivity index (χ0n) is 20.0. The summed E-state index contributed by atoms with van der Waals surface area (Å²) in [7, 11) is 5.08. The highest BCUT2D eigenvalue weighted by molar-refractivity contribution is 5.99. The van der Waals surface area contributed by atoms with Gasteiger partial charge < -0.3 is 19.1 Å². The van der Waals surface area contributed by atoms with E-state index in [1.54, 1.807) is 21.1 Å². The van der Waals surface area contributed by atoms with Crippen LogP contribution in [0.2, 0.25) is 0 Å². The molecule has 0 saturated carbocycles. The summed E-state index contributed by atoms with van der Waals surface area (Å²) in [6.07, 6.45) is 8.28. The Hall–Kier alpha value is -3.19. The number of aromatic nitrogens is 2. The molecule has 1 aliphatic heterocycles. The molecule has 0 radical (unpaired) electrons. The van der Waals surface area contributed by atoms with Crippen molar-refractivity contribution in [3.63, 3.8) is 0 Å². The highest BCUT2D eigenvalue weighted by atomic mass is 16.5. The van der Waals surface area contributed by atoms with E-state index in [1.807, 2.05) is 17.6 Å². The fourth-order valence-corrected chi connectivity index (χ4v) is 4.88. The Morgan fingerprint density at radius 2 is 2.12 bits per heavy atom. The van der Waals surface area contributed by atoms with E-state index >= 15 is 0 Å². The van der Waals surface area contributed by atoms with E-state index in [-0.39, 0.29) is 17.2 Å². The Kier molecular flexibility index (Phi) is 6.26. The van der Waals surface area contributed by atoms with Crippen molar-refractivity contribution in [3.8, 4) is 0 Å². The lowest BCUT2D eigenvalue weighted by molar-refractivity contribution is -0.107. The monoisotopic (exact) mass is 448 g/mol. The molecule has 7 nitrogen and oxygen atoms in total. The van der Waals surface area contributed by atoms with Gasteiger partial charge in [-0.3, -0.25) is 9.59 Å². The first-order valence-corrected chi connectivity index (χ1v) is 11.4. The third-order valence-electron chi connectivity index (χ3n) is 6.51. The fourth-order valence-electron chi connectivity index (χ4n) is 4.88. The molecule has 0 fully saturated rings. The van der Waals surface area contributed by atoms with Crippen molar-refractivity contribution in [3.05, 3.63) is 70.7 Å². The third kappa shape index (κ3) is 4.02. The summed E-state index contributed by atoms with van der Waals surface area (Å²) in [5.41, 5.74) is 3.67. The SMILES string of the molecule is CCOCc1cccc(C2C3=CCC=CC3(C)Cn3c2nc(N(C)C=O)c3C(=O)N(C)C)c1. The van der Waals surface area contributed by atoms with Crippen molar-refractivity contribution in [2.45, 2.75) is 39.3 Å². The van der Waals surface area contributed by atoms with Crippen LogP contribution in [0.1, 0.15) is 53.6 Å². The average Bonchev–Trinajstić information content (AvgIpc) is 3.17. The first kappa shape index (κ1) is 23.0. The molecule has 2 atom stereocenters. The van der Waals surface area contributed by atoms with Gasteiger partial charge in [0.2, 0.25) is 6.41 Å². The molecule has 2 amide bonds. The van der Waals surface area contributed by atoms with Gasteiger partial charge in [0.05, 0.1) is 12.5 Å². The lowest BCUT2D eigenvalue weighted by Gasteiger charge is -2.42. The molecule has 0 N–H and O–H groups in total. The molecule has 174 valence electrons. The summed E-state index contributed by atoms with van der Waals surface area (Å²) in [6, 6.07) is 8.39. The quantitative estimate of drug-likeness (QED) is 0.478. The van der Waals surface area contributed by atoms with Crippen molar-refractivity contribution >= 4 is 18.1 Å². The Morgan fingerprint density at radius 1 is 1.33 bits per heavy atom. The number of rotatable bonds is 7. The molecule has 0 spiro atoms. The number of amides is 2. The largest absolute Gasteiger partial charge is 0.377 e. The van der Waals surface area contributed by atoms with Crippen molar-refractivity contribution in [2.24, 2.45) is 5.41 Å². The molecule has 1 aliphatic carbocycles. The van der Waals surface area contributed by atoms with Crippen LogP contribution in [0.5, 0.6) is 0 Å². The second-order valence-electron chi connectivity index (χ2n) is 9.17. The average molecular weight is 449 g/mol. The number of fused-ring (bicyclic) bond motifs is 2. The molecule has 2 heterocycles. The van der Waals surface area contributed by atoms with E-state index in [1.165, 1.54) is 15.4 Å². The molecule has 1 aromatic carbocycles. The van der Waals surface area contributed by atoms with E-state index in [0.717, 1.165) is 23.4 Å². The van der Waals surface area contributed by atoms with Crippen LogP contribution in [0.15, 0.2) is 48.1 Å². The number of hydrogen-bond acceptors (Lipinski definition) is 4. The van der Waals surface area contributed by atoms with Gasteiger partial charge in [0.1, 0.15) is 5.82 Å². The number of hydrogen-bond donors (Lipinski definition) is 0. The second-order valence-corrected chi connectivity index (χ2v) is 9.17. The normalized spacial score (nSPS) is 21.1. The maximum Gasteiger partial charge on any atom is 0.273 e. The molecule has 33 heavy (non-hydrogen) atoms. The van der Waals surface area contributed by atoms with Crippen molar-refractivity contribution in [1.82, 2.24) is 14.5 Å². The summed E-state index contributed by atoms with van der Waals surface area (Å²) < 4.78 is 7.66. The second kappa shape index (κ2) is 8.98. The highest BCUT2D eigenvalue weighted by Gasteiger charge is 2.44. The van der Waals surface area contributed by atoms with Gasteiger partial charge in [0.25, 0.3) is 5.91 Å². The summed E-state index contributed by atoms with van der Waals surface area (Å²) in [5.74, 6) is 0.882. The van der Waals surface area contributed by atoms with E-state index in [0.29, 0.717) is 37.7 Å². The van der Waals surface area contributed by atoms with Crippen LogP contribution in [0, 0.1) is 5.41 Å². The number of imidazole rings is 1. The topological polar surface area (TPSA) is 67.7 Å². The lowest BCUT2D eigenvalue weighted by Crippen LogP contribution is -2.38. The van der Waals surface area contributed by atoms with Crippen LogP contribution in [0.4, 0.5) is 5.82 Å². The maximum absolute atomic E-state index is 13.3. The van der Waals surface area contributed by atoms with Crippen molar-refractivity contribution in [2.75, 3.05) is 32.6 Å². The number of nitrogens with zero attached hydrogens (tertiary/aromatic N) is 4. The van der Waals surface area contributed by atoms with Crippen LogP contribution in [0.3, 0.4) is 0 Å². The summed E-state index contributed by atoms with van der Waals surface area (Å²) in [6.45, 7) is 5.99. The molecule has 0 bridgehead atoms. The van der Waals surface area contributed by atoms with Gasteiger partial charge in [-0.1, -0.05) is 49.4 Å². The minimum atomic E-state index is -0.259. The Balaban J connectivity index is 1.96. The molecule has 4 rings (SSSR count). The molecule has 0 saturated heterocycles. The van der Waals surface area contributed by atoms with Gasteiger partial charge in [-0.15, -0.1) is 0 Å². The van der Waals surface area contributed by atoms with Gasteiger partial charge in [-0.2, -0.15) is 0 Å². The Labute approximate surface area is 195 Å². The number of anilines is 1. The molecule has 2 unspecified atom stereocenters. The van der Waals surface area contributed by atoms with Crippen LogP contribution >= 0.6 is 0 Å². The summed E-state index contributed by atoms with van der Waals surface area (Å²) in [5, 5.41) is 0. The smallest absolute Gasteiger partial charge is 0.273 e. The third-order valence-corrected chi connectivity index (χ3v) is 6.51. The maximum atomic E-state index is 13.3. The highest BCUT2D eigenvalue weighted by Crippen LogP contribution is 2.50. The minimum Gasteiger partial charge on any atom is -0.377 e. The minimum absolute atomic E-state index is 0.127. The van der Waals surface area contributed by atoms with E-state index in [4.69, 9.17) is 9.72 Å². The zero-order chi connectivity index (χ0) is 23.8. The van der Waals surface area contributed by atoms with Crippen LogP contribution in [-0.4, -0.2) is 54.5 Å². The molecule has 2 aliphatic rings. The van der Waals surface area contributed by atoms with Crippen molar-refractivity contribution < 1.29 is 14.3 Å². The molecule has 7 heteroatoms. The standard InChI is InChI=1S/C26H32N4O3/c1-6-33-15-18-10-9-11-19(14-18)21-20-12-7-8-13-26(20,2)16-30-22(25(32)28(3)4)24(27-23(21)30)29(5)17-31/h8-14,17,21H,6-7,15-16H2,1-5H3. The van der Waals surface area contributed by atoms with Crippen LogP contribution in [-0.2, 0) is 22.7 Å². The Morgan fingerprint density at radius 3 is 2.82 bits per heavy atom. The van der Waals surface area contributed by atoms with Gasteiger partial charge in [0, 0.05) is 39.7 Å². The Bertz CT molecular complexity index is 1130. The van der Waals surface area contributed by atoms with Gasteiger partial charge >= 0.3 is 0 Å². The van der Waals surface area contributed by atoms with Crippen LogP contribution in [0.25, 0.3) is 0 Å². The summed E-state index contributed by atoms with van der Waals surface area (Å²) >= 11 is 0. The number of carbonyl (C=O) groups is 2. The molecular weight excluding hydrogens is 416 g/mol. The molecular formula is C26H32N4O3. The number of allylic oxidation sites excluding steroid dienone is 4. The van der Waals surface area contributed by atoms with Gasteiger partial charge in [-0.05, 0) is 30.0 Å². The zero-order valence-corrected chi connectivity index (χ0v) is 20.0. The molecule has 2 aromatic rings. The number of ether oxygens (including phenoxy) is 1.